The number of esters is 3. The molecule has 0 fully saturated rings. The van der Waals surface area contributed by atoms with Gasteiger partial charge in [-0.25, -0.2) is 4.57 Å². The summed E-state index contributed by atoms with van der Waals surface area (Å²) in [7, 11) is -4.77. The molecule has 0 heterocycles. The van der Waals surface area contributed by atoms with Crippen molar-refractivity contribution in [3.8, 4) is 0 Å². The van der Waals surface area contributed by atoms with Crippen molar-refractivity contribution in [3.05, 3.63) is 72.9 Å². The van der Waals surface area contributed by atoms with Crippen molar-refractivity contribution in [2.45, 2.75) is 290 Å². The molecular formula is C64H113O11P. The molecule has 0 aliphatic carbocycles. The van der Waals surface area contributed by atoms with Gasteiger partial charge in [-0.05, 0) is 70.6 Å². The first kappa shape index (κ1) is 72.9. The second kappa shape index (κ2) is 58.1. The molecule has 0 aliphatic rings. The van der Waals surface area contributed by atoms with Crippen LogP contribution >= 0.6 is 7.82 Å². The number of aliphatic hydroxyl groups is 1. The maximum absolute atomic E-state index is 12.9. The number of hydrogen-bond donors (Lipinski definition) is 2. The second-order valence-corrected chi connectivity index (χ2v) is 22.0. The Labute approximate surface area is 465 Å². The average molecular weight is 1090 g/mol. The zero-order chi connectivity index (χ0) is 55.5. The predicted molar refractivity (Wildman–Crippen MR) is 316 cm³/mol. The minimum absolute atomic E-state index is 0.00657. The fourth-order valence-corrected chi connectivity index (χ4v) is 9.27. The van der Waals surface area contributed by atoms with Crippen LogP contribution in [0, 0.1) is 0 Å². The molecule has 0 aromatic heterocycles. The van der Waals surface area contributed by atoms with Crippen LogP contribution in [-0.4, -0.2) is 66.5 Å². The smallest absolute Gasteiger partial charge is 0.461 e. The zero-order valence-electron chi connectivity index (χ0n) is 48.7. The predicted octanol–water partition coefficient (Wildman–Crippen LogP) is 18.5. The number of hydrogen-bond acceptors (Lipinski definition) is 10. The van der Waals surface area contributed by atoms with Crippen LogP contribution < -0.4 is 0 Å². The summed E-state index contributed by atoms with van der Waals surface area (Å²) in [6.45, 7) is 4.45. The molecular weight excluding hydrogens is 976 g/mol. The highest BCUT2D eigenvalue weighted by Crippen LogP contribution is 2.43. The molecule has 12 heteroatoms. The first-order chi connectivity index (χ1) is 37.2. The molecule has 11 nitrogen and oxygen atoms in total. The Kier molecular flexibility index (Phi) is 55.7. The summed E-state index contributed by atoms with van der Waals surface area (Å²) < 4.78 is 39.5. The molecule has 440 valence electrons. The quantitative estimate of drug-likeness (QED) is 0.0197. The molecule has 0 radical (unpaired) electrons. The summed E-state index contributed by atoms with van der Waals surface area (Å²) in [5, 5.41) is 9.84. The Hall–Kier alpha value is -3.08. The highest BCUT2D eigenvalue weighted by Gasteiger charge is 2.28. The molecule has 3 unspecified atom stereocenters. The lowest BCUT2D eigenvalue weighted by Gasteiger charge is -2.21. The number of ether oxygens (including phenoxy) is 3. The first-order valence-corrected chi connectivity index (χ1v) is 32.3. The summed E-state index contributed by atoms with van der Waals surface area (Å²) in [6, 6.07) is 0. The van der Waals surface area contributed by atoms with Crippen molar-refractivity contribution in [2.75, 3.05) is 26.4 Å². The van der Waals surface area contributed by atoms with Crippen LogP contribution in [-0.2, 0) is 42.2 Å². The standard InChI is InChI=1S/C64H113O11P/c1-4-7-10-13-16-19-22-25-28-30-33-36-39-42-45-48-51-54-63(67)74-60(56-65)58-72-76(69,70)73-59-61(57-71-62(66)53-50-47-44-41-38-35-32-27-24-21-18-15-12-9-6-3)75-64(68)55-52-49-46-43-40-37-34-31-29-26-23-20-17-14-11-8-5-2/h9,12,18,21,26-27,29,32,38,41,47,50,60-61,65H,4-8,10-11,13-17,19-20,22-25,28,30-31,33-37,39-40,42-46,48-49,51-59H2,1-3H3,(H,69,70)/b12-9-,21-18-,29-26-,32-27-,41-38-,50-47-. The molecule has 0 rings (SSSR count). The monoisotopic (exact) mass is 1090 g/mol. The minimum Gasteiger partial charge on any atom is -0.461 e. The van der Waals surface area contributed by atoms with Crippen molar-refractivity contribution in [2.24, 2.45) is 0 Å². The van der Waals surface area contributed by atoms with Gasteiger partial charge in [0.25, 0.3) is 0 Å². The number of aliphatic hydroxyl groups excluding tert-OH is 1. The van der Waals surface area contributed by atoms with E-state index < -0.39 is 57.8 Å². The van der Waals surface area contributed by atoms with Gasteiger partial charge in [0.05, 0.1) is 26.2 Å². The van der Waals surface area contributed by atoms with Gasteiger partial charge >= 0.3 is 25.7 Å². The van der Waals surface area contributed by atoms with E-state index in [0.717, 1.165) is 77.0 Å². The molecule has 0 bridgehead atoms. The van der Waals surface area contributed by atoms with Crippen LogP contribution in [0.2, 0.25) is 0 Å². The molecule has 0 aromatic rings. The van der Waals surface area contributed by atoms with Crippen LogP contribution in [0.1, 0.15) is 278 Å². The molecule has 0 saturated heterocycles. The van der Waals surface area contributed by atoms with E-state index in [1.54, 1.807) is 6.08 Å². The maximum atomic E-state index is 12.9. The first-order valence-electron chi connectivity index (χ1n) is 30.8. The molecule has 0 aliphatic heterocycles. The van der Waals surface area contributed by atoms with E-state index in [9.17, 15) is 28.9 Å². The summed E-state index contributed by atoms with van der Waals surface area (Å²) in [4.78, 5) is 48.6. The van der Waals surface area contributed by atoms with Crippen LogP contribution in [0.4, 0.5) is 0 Å². The van der Waals surface area contributed by atoms with E-state index in [2.05, 4.69) is 75.5 Å². The van der Waals surface area contributed by atoms with Crippen LogP contribution in [0.3, 0.4) is 0 Å². The fraction of sp³-hybridized carbons (Fsp3) is 0.766. The Morgan fingerprint density at radius 3 is 1.11 bits per heavy atom. The molecule has 0 spiro atoms. The van der Waals surface area contributed by atoms with Crippen molar-refractivity contribution in [1.29, 1.82) is 0 Å². The van der Waals surface area contributed by atoms with E-state index in [-0.39, 0.29) is 25.9 Å². The molecule has 0 aromatic carbocycles. The normalized spacial score (nSPS) is 13.8. The Bertz CT molecular complexity index is 1550. The summed E-state index contributed by atoms with van der Waals surface area (Å²) in [6.07, 6.45) is 66.0. The van der Waals surface area contributed by atoms with Crippen LogP contribution in [0.25, 0.3) is 0 Å². The number of phosphoric ester groups is 1. The molecule has 0 amide bonds. The molecule has 2 N–H and O–H groups in total. The van der Waals surface area contributed by atoms with Gasteiger partial charge in [0, 0.05) is 12.8 Å². The van der Waals surface area contributed by atoms with E-state index in [1.165, 1.54) is 141 Å². The lowest BCUT2D eigenvalue weighted by molar-refractivity contribution is -0.161. The third kappa shape index (κ3) is 55.7. The van der Waals surface area contributed by atoms with Gasteiger partial charge in [-0.15, -0.1) is 0 Å². The molecule has 0 saturated carbocycles. The average Bonchev–Trinajstić information content (AvgIpc) is 3.41. The molecule has 76 heavy (non-hydrogen) atoms. The molecule has 3 atom stereocenters. The van der Waals surface area contributed by atoms with Gasteiger partial charge < -0.3 is 24.2 Å². The van der Waals surface area contributed by atoms with Crippen molar-refractivity contribution >= 4 is 25.7 Å². The second-order valence-electron chi connectivity index (χ2n) is 20.5. The topological polar surface area (TPSA) is 155 Å². The third-order valence-electron chi connectivity index (χ3n) is 13.1. The van der Waals surface area contributed by atoms with Crippen LogP contribution in [0.5, 0.6) is 0 Å². The Morgan fingerprint density at radius 2 is 0.724 bits per heavy atom. The SMILES string of the molecule is CC/C=C\C/C=C\C/C=C\C/C=C\C/C=C\CC(=O)OCC(COP(=O)(O)OCC(CO)OC(=O)CCCCCCCCCCCCCCCCCCC)OC(=O)CCCCCCCCC/C=C\CCCCCCCC. The van der Waals surface area contributed by atoms with Gasteiger partial charge in [-0.1, -0.05) is 261 Å². The van der Waals surface area contributed by atoms with E-state index in [0.29, 0.717) is 19.3 Å². The van der Waals surface area contributed by atoms with Gasteiger partial charge in [0.15, 0.2) is 6.10 Å². The number of phosphoric acid groups is 1. The van der Waals surface area contributed by atoms with Crippen molar-refractivity contribution in [1.82, 2.24) is 0 Å². The third-order valence-corrected chi connectivity index (χ3v) is 14.1. The van der Waals surface area contributed by atoms with E-state index in [4.69, 9.17) is 23.3 Å². The Morgan fingerprint density at radius 1 is 0.395 bits per heavy atom. The van der Waals surface area contributed by atoms with Crippen LogP contribution in [0.15, 0.2) is 72.9 Å². The lowest BCUT2D eigenvalue weighted by Crippen LogP contribution is -2.30. The fourth-order valence-electron chi connectivity index (χ4n) is 8.48. The number of unbranched alkanes of at least 4 members (excludes halogenated alkanes) is 29. The number of carbonyl (C=O) groups excluding carboxylic acids is 3. The van der Waals surface area contributed by atoms with E-state index in [1.807, 2.05) is 12.2 Å². The highest BCUT2D eigenvalue weighted by molar-refractivity contribution is 7.47. The van der Waals surface area contributed by atoms with Crippen molar-refractivity contribution < 1.29 is 52.2 Å². The van der Waals surface area contributed by atoms with Gasteiger partial charge in [0.2, 0.25) is 0 Å². The van der Waals surface area contributed by atoms with Crippen molar-refractivity contribution in [3.63, 3.8) is 0 Å². The zero-order valence-corrected chi connectivity index (χ0v) is 49.6. The van der Waals surface area contributed by atoms with E-state index >= 15 is 0 Å². The Balaban J connectivity index is 4.76. The van der Waals surface area contributed by atoms with Gasteiger partial charge in [0.1, 0.15) is 12.7 Å². The summed E-state index contributed by atoms with van der Waals surface area (Å²) >= 11 is 0. The minimum atomic E-state index is -4.77. The maximum Gasteiger partial charge on any atom is 0.472 e. The lowest BCUT2D eigenvalue weighted by atomic mass is 10.0. The highest BCUT2D eigenvalue weighted by atomic mass is 31.2. The van der Waals surface area contributed by atoms with Gasteiger partial charge in [-0.2, -0.15) is 0 Å². The number of rotatable bonds is 57. The number of allylic oxidation sites excluding steroid dienone is 11. The number of carbonyl (C=O) groups is 3. The van der Waals surface area contributed by atoms with Gasteiger partial charge in [-0.3, -0.25) is 23.4 Å². The summed E-state index contributed by atoms with van der Waals surface area (Å²) in [5.41, 5.74) is 0. The summed E-state index contributed by atoms with van der Waals surface area (Å²) in [5.74, 6) is -1.61. The largest absolute Gasteiger partial charge is 0.472 e.